The molecule has 0 radical (unpaired) electrons. The average molecular weight is 278 g/mol. The molecule has 20 heavy (non-hydrogen) atoms. The molecule has 114 valence electrons. The Balaban J connectivity index is 2.35. The molecule has 1 aliphatic rings. The van der Waals surface area contributed by atoms with E-state index in [0.717, 1.165) is 19.5 Å². The topological polar surface area (TPSA) is 47.1 Å². The van der Waals surface area contributed by atoms with Gasteiger partial charge in [0.15, 0.2) is 0 Å². The molecule has 1 fully saturated rings. The van der Waals surface area contributed by atoms with Crippen molar-refractivity contribution in [2.75, 3.05) is 13.1 Å². The van der Waals surface area contributed by atoms with Crippen molar-refractivity contribution in [1.29, 1.82) is 0 Å². The fourth-order valence-corrected chi connectivity index (χ4v) is 3.50. The third-order valence-corrected chi connectivity index (χ3v) is 4.50. The van der Waals surface area contributed by atoms with E-state index in [9.17, 15) is 0 Å². The number of aryl methyl sites for hydroxylation is 1. The van der Waals surface area contributed by atoms with Crippen molar-refractivity contribution in [3.8, 4) is 0 Å². The van der Waals surface area contributed by atoms with E-state index < -0.39 is 0 Å². The van der Waals surface area contributed by atoms with Crippen LogP contribution in [0.25, 0.3) is 0 Å². The molecule has 2 N–H and O–H groups in total. The van der Waals surface area contributed by atoms with Gasteiger partial charge < -0.3 is 5.73 Å². The Morgan fingerprint density at radius 1 is 1.40 bits per heavy atom. The van der Waals surface area contributed by atoms with Crippen molar-refractivity contribution in [2.45, 2.75) is 65.1 Å². The van der Waals surface area contributed by atoms with Gasteiger partial charge in [0.05, 0.1) is 11.7 Å². The smallest absolute Gasteiger partial charge is 0.0560 e. The fraction of sp³-hybridized carbons (Fsp3) is 0.812. The van der Waals surface area contributed by atoms with Crippen LogP contribution in [0.1, 0.15) is 58.2 Å². The van der Waals surface area contributed by atoms with Crippen molar-refractivity contribution >= 4 is 0 Å². The molecule has 1 aromatic rings. The summed E-state index contributed by atoms with van der Waals surface area (Å²) in [6.07, 6.45) is 6.89. The molecule has 4 nitrogen and oxygen atoms in total. The normalized spacial score (nSPS) is 25.1. The fourth-order valence-electron chi connectivity index (χ4n) is 3.50. The van der Waals surface area contributed by atoms with Gasteiger partial charge in [-0.05, 0) is 58.2 Å². The number of aromatic nitrogens is 2. The minimum absolute atomic E-state index is 0.427. The second kappa shape index (κ2) is 7.23. The third kappa shape index (κ3) is 3.23. The summed E-state index contributed by atoms with van der Waals surface area (Å²) in [6.45, 7) is 9.75. The summed E-state index contributed by atoms with van der Waals surface area (Å²) in [4.78, 5) is 2.63. The maximum absolute atomic E-state index is 6.10. The van der Waals surface area contributed by atoms with Crippen molar-refractivity contribution < 1.29 is 0 Å². The minimum atomic E-state index is 0.427. The van der Waals surface area contributed by atoms with Crippen molar-refractivity contribution in [3.05, 3.63) is 18.0 Å². The zero-order chi connectivity index (χ0) is 14.5. The molecule has 0 saturated carbocycles. The predicted octanol–water partition coefficient (Wildman–Crippen LogP) is 2.80. The van der Waals surface area contributed by atoms with Crippen LogP contribution >= 0.6 is 0 Å². The highest BCUT2D eigenvalue weighted by Gasteiger charge is 2.33. The van der Waals surface area contributed by atoms with Crippen LogP contribution in [0.15, 0.2) is 12.3 Å². The minimum Gasteiger partial charge on any atom is -0.330 e. The van der Waals surface area contributed by atoms with E-state index in [2.05, 4.69) is 41.5 Å². The molecule has 2 heterocycles. The summed E-state index contributed by atoms with van der Waals surface area (Å²) in [5.41, 5.74) is 7.46. The van der Waals surface area contributed by atoms with E-state index in [1.807, 2.05) is 6.20 Å². The number of nitrogens with two attached hydrogens (primary N) is 1. The first-order chi connectivity index (χ1) is 9.69. The van der Waals surface area contributed by atoms with Crippen molar-refractivity contribution in [1.82, 2.24) is 14.7 Å². The van der Waals surface area contributed by atoms with Crippen LogP contribution in [0, 0.1) is 5.92 Å². The highest BCUT2D eigenvalue weighted by molar-refractivity contribution is 5.10. The summed E-state index contributed by atoms with van der Waals surface area (Å²) >= 11 is 0. The SMILES string of the molecule is CCCn1nccc1C1C(CN)CCCCN1C(C)C. The second-order valence-corrected chi connectivity index (χ2v) is 6.25. The van der Waals surface area contributed by atoms with Crippen molar-refractivity contribution in [3.63, 3.8) is 0 Å². The first-order valence-electron chi connectivity index (χ1n) is 8.16. The van der Waals surface area contributed by atoms with E-state index in [1.54, 1.807) is 0 Å². The predicted molar refractivity (Wildman–Crippen MR) is 83.5 cm³/mol. The summed E-state index contributed by atoms with van der Waals surface area (Å²) in [7, 11) is 0. The van der Waals surface area contributed by atoms with Gasteiger partial charge in [0, 0.05) is 18.8 Å². The summed E-state index contributed by atoms with van der Waals surface area (Å²) in [5, 5.41) is 4.52. The molecular weight excluding hydrogens is 248 g/mol. The van der Waals surface area contributed by atoms with Crippen LogP contribution < -0.4 is 5.73 Å². The molecule has 0 amide bonds. The second-order valence-electron chi connectivity index (χ2n) is 6.25. The molecule has 0 spiro atoms. The van der Waals surface area contributed by atoms with Crippen LogP contribution in [0.3, 0.4) is 0 Å². The molecule has 1 aromatic heterocycles. The van der Waals surface area contributed by atoms with Crippen LogP contribution in [0.4, 0.5) is 0 Å². The lowest BCUT2D eigenvalue weighted by atomic mass is 9.91. The Kier molecular flexibility index (Phi) is 5.61. The summed E-state index contributed by atoms with van der Waals surface area (Å²) in [5.74, 6) is 0.548. The van der Waals surface area contributed by atoms with Gasteiger partial charge in [0.25, 0.3) is 0 Å². The zero-order valence-corrected chi connectivity index (χ0v) is 13.3. The lowest BCUT2D eigenvalue weighted by Gasteiger charge is -2.37. The number of hydrogen-bond acceptors (Lipinski definition) is 3. The largest absolute Gasteiger partial charge is 0.330 e. The number of nitrogens with zero attached hydrogens (tertiary/aromatic N) is 3. The Morgan fingerprint density at radius 3 is 2.85 bits per heavy atom. The molecule has 1 saturated heterocycles. The molecule has 1 aliphatic heterocycles. The van der Waals surface area contributed by atoms with E-state index in [-0.39, 0.29) is 0 Å². The molecule has 2 atom stereocenters. The Hall–Kier alpha value is -0.870. The van der Waals surface area contributed by atoms with Crippen LogP contribution in [0.2, 0.25) is 0 Å². The van der Waals surface area contributed by atoms with Gasteiger partial charge in [0.1, 0.15) is 0 Å². The summed E-state index contributed by atoms with van der Waals surface area (Å²) < 4.78 is 2.19. The maximum Gasteiger partial charge on any atom is 0.0560 e. The van der Waals surface area contributed by atoms with Gasteiger partial charge in [-0.2, -0.15) is 5.10 Å². The molecule has 2 rings (SSSR count). The monoisotopic (exact) mass is 278 g/mol. The number of hydrogen-bond donors (Lipinski definition) is 1. The third-order valence-electron chi connectivity index (χ3n) is 4.50. The van der Waals surface area contributed by atoms with Gasteiger partial charge in [-0.15, -0.1) is 0 Å². The first-order valence-corrected chi connectivity index (χ1v) is 8.16. The van der Waals surface area contributed by atoms with E-state index in [1.165, 1.54) is 31.5 Å². The van der Waals surface area contributed by atoms with Crippen LogP contribution in [-0.2, 0) is 6.54 Å². The molecule has 0 bridgehead atoms. The van der Waals surface area contributed by atoms with Gasteiger partial charge in [-0.3, -0.25) is 9.58 Å². The Bertz CT molecular complexity index is 399. The Labute approximate surface area is 123 Å². The van der Waals surface area contributed by atoms with Gasteiger partial charge in [0.2, 0.25) is 0 Å². The maximum atomic E-state index is 6.10. The van der Waals surface area contributed by atoms with E-state index in [4.69, 9.17) is 5.73 Å². The zero-order valence-electron chi connectivity index (χ0n) is 13.3. The Morgan fingerprint density at radius 2 is 2.20 bits per heavy atom. The van der Waals surface area contributed by atoms with Crippen molar-refractivity contribution in [2.24, 2.45) is 11.7 Å². The van der Waals surface area contributed by atoms with E-state index in [0.29, 0.717) is 18.0 Å². The molecule has 2 unspecified atom stereocenters. The van der Waals surface area contributed by atoms with Crippen LogP contribution in [0.5, 0.6) is 0 Å². The summed E-state index contributed by atoms with van der Waals surface area (Å²) in [6, 6.07) is 3.18. The lowest BCUT2D eigenvalue weighted by molar-refractivity contribution is 0.114. The first kappa shape index (κ1) is 15.5. The quantitative estimate of drug-likeness (QED) is 0.901. The standard InChI is InChI=1S/C16H30N4/c1-4-10-20-15(8-9-18-20)16-14(12-17)7-5-6-11-19(16)13(2)3/h8-9,13-14,16H,4-7,10-12,17H2,1-3H3. The van der Waals surface area contributed by atoms with Gasteiger partial charge >= 0.3 is 0 Å². The van der Waals surface area contributed by atoms with Gasteiger partial charge in [-0.25, -0.2) is 0 Å². The molecule has 0 aliphatic carbocycles. The van der Waals surface area contributed by atoms with E-state index >= 15 is 0 Å². The number of rotatable bonds is 5. The highest BCUT2D eigenvalue weighted by Crippen LogP contribution is 2.35. The molecule has 0 aromatic carbocycles. The van der Waals surface area contributed by atoms with Gasteiger partial charge in [-0.1, -0.05) is 13.3 Å². The number of likely N-dealkylation sites (tertiary alicyclic amines) is 1. The lowest BCUT2D eigenvalue weighted by Crippen LogP contribution is -2.41. The average Bonchev–Trinajstić information content (AvgIpc) is 2.76. The highest BCUT2D eigenvalue weighted by atomic mass is 15.3. The molecular formula is C16H30N4. The van der Waals surface area contributed by atoms with Crippen LogP contribution in [-0.4, -0.2) is 33.8 Å². The molecule has 4 heteroatoms.